The van der Waals surface area contributed by atoms with Gasteiger partial charge in [0, 0.05) is 32.7 Å². The molecule has 0 fully saturated rings. The zero-order valence-corrected chi connectivity index (χ0v) is 33.4. The van der Waals surface area contributed by atoms with Crippen molar-refractivity contribution in [1.82, 2.24) is 0 Å². The fourth-order valence-corrected chi connectivity index (χ4v) is 10.7. The van der Waals surface area contributed by atoms with E-state index in [0.717, 1.165) is 77.3 Å². The zero-order valence-electron chi connectivity index (χ0n) is 33.4. The Kier molecular flexibility index (Phi) is 6.86. The van der Waals surface area contributed by atoms with E-state index < -0.39 is 0 Å². The number of benzene rings is 12. The van der Waals surface area contributed by atoms with Crippen molar-refractivity contribution in [2.24, 2.45) is 0 Å². The van der Waals surface area contributed by atoms with E-state index in [1.54, 1.807) is 0 Å². The van der Waals surface area contributed by atoms with Crippen LogP contribution in [0.25, 0.3) is 142 Å². The van der Waals surface area contributed by atoms with Gasteiger partial charge in [0.1, 0.15) is 22.3 Å². The second-order valence-corrected chi connectivity index (χ2v) is 16.6. The maximum atomic E-state index is 7.18. The van der Waals surface area contributed by atoms with Crippen molar-refractivity contribution in [3.8, 4) is 33.4 Å². The Bertz CT molecular complexity index is 3880. The maximum Gasteiger partial charge on any atom is 0.147 e. The number of fused-ring (bicyclic) bond motifs is 18. The van der Waals surface area contributed by atoms with Crippen LogP contribution in [0.15, 0.2) is 215 Å². The van der Waals surface area contributed by atoms with Crippen LogP contribution in [-0.2, 0) is 0 Å². The van der Waals surface area contributed by atoms with Crippen molar-refractivity contribution >= 4 is 109 Å². The van der Waals surface area contributed by atoms with Crippen LogP contribution >= 0.6 is 0 Å². The lowest BCUT2D eigenvalue weighted by Gasteiger charge is -2.12. The van der Waals surface area contributed by atoms with Gasteiger partial charge in [-0.3, -0.25) is 0 Å². The molecule has 0 aliphatic rings. The van der Waals surface area contributed by atoms with Crippen molar-refractivity contribution in [3.05, 3.63) is 206 Å². The van der Waals surface area contributed by atoms with Gasteiger partial charge in [0.15, 0.2) is 0 Å². The van der Waals surface area contributed by atoms with Crippen molar-refractivity contribution < 1.29 is 8.83 Å². The molecule has 0 aliphatic heterocycles. The Labute approximate surface area is 355 Å². The van der Waals surface area contributed by atoms with Gasteiger partial charge in [0.05, 0.1) is 5.56 Å². The minimum absolute atomic E-state index is 0.827. The Morgan fingerprint density at radius 2 is 0.532 bits per heavy atom. The van der Waals surface area contributed by atoms with E-state index in [2.05, 4.69) is 206 Å². The van der Waals surface area contributed by atoms with Gasteiger partial charge in [-0.25, -0.2) is 0 Å². The molecule has 0 bridgehead atoms. The fourth-order valence-electron chi connectivity index (χ4n) is 10.7. The summed E-state index contributed by atoms with van der Waals surface area (Å²) in [7, 11) is 0. The third-order valence-corrected chi connectivity index (χ3v) is 13.4. The molecule has 62 heavy (non-hydrogen) atoms. The lowest BCUT2D eigenvalue weighted by Crippen LogP contribution is -1.85. The van der Waals surface area contributed by atoms with Crippen LogP contribution in [0.5, 0.6) is 0 Å². The number of para-hydroxylation sites is 2. The standard InChI is InChI=1S/C60H34O2/c1-2-14-35(15-3-1)56-59-54(50-26-12-24-38(57(50)61-59)36-28-30-48-44-20-6-4-16-40(44)42-18-8-10-22-46(42)52(48)32-36)34-55-51-27-13-25-39(58(51)62-60(55)56)37-29-31-49-45-21-7-5-17-41(45)43-19-9-11-23-47(43)53(49)33-37/h1-34H. The lowest BCUT2D eigenvalue weighted by atomic mass is 9.91. The van der Waals surface area contributed by atoms with Gasteiger partial charge >= 0.3 is 0 Å². The summed E-state index contributed by atoms with van der Waals surface area (Å²) in [5.41, 5.74) is 9.80. The molecule has 2 nitrogen and oxygen atoms in total. The highest BCUT2D eigenvalue weighted by atomic mass is 16.3. The second kappa shape index (κ2) is 12.7. The van der Waals surface area contributed by atoms with Gasteiger partial charge in [-0.05, 0) is 99.5 Å². The molecule has 0 N–H and O–H groups in total. The summed E-state index contributed by atoms with van der Waals surface area (Å²) in [5.74, 6) is 0. The minimum Gasteiger partial charge on any atom is -0.455 e. The van der Waals surface area contributed by atoms with Gasteiger partial charge in [0.2, 0.25) is 0 Å². The van der Waals surface area contributed by atoms with E-state index in [0.29, 0.717) is 0 Å². The van der Waals surface area contributed by atoms with E-state index >= 15 is 0 Å². The molecule has 0 amide bonds. The molecule has 0 radical (unpaired) electrons. The van der Waals surface area contributed by atoms with Crippen molar-refractivity contribution in [3.63, 3.8) is 0 Å². The molecular formula is C60H34O2. The minimum atomic E-state index is 0.827. The molecule has 14 aromatic rings. The van der Waals surface area contributed by atoms with Gasteiger partial charge in [-0.1, -0.05) is 188 Å². The Balaban J connectivity index is 1.01. The molecule has 0 unspecified atom stereocenters. The summed E-state index contributed by atoms with van der Waals surface area (Å²) in [6, 6.07) is 74.8. The van der Waals surface area contributed by atoms with Gasteiger partial charge in [-0.15, -0.1) is 0 Å². The van der Waals surface area contributed by atoms with Crippen molar-refractivity contribution in [2.75, 3.05) is 0 Å². The van der Waals surface area contributed by atoms with Gasteiger partial charge in [0.25, 0.3) is 0 Å². The molecule has 0 aliphatic carbocycles. The third-order valence-electron chi connectivity index (χ3n) is 13.4. The average Bonchev–Trinajstić information content (AvgIpc) is 3.91. The van der Waals surface area contributed by atoms with Gasteiger partial charge in [-0.2, -0.15) is 0 Å². The first-order valence-electron chi connectivity index (χ1n) is 21.3. The summed E-state index contributed by atoms with van der Waals surface area (Å²) in [6.07, 6.45) is 0. The summed E-state index contributed by atoms with van der Waals surface area (Å²) in [4.78, 5) is 0. The van der Waals surface area contributed by atoms with Crippen LogP contribution in [0.1, 0.15) is 0 Å². The summed E-state index contributed by atoms with van der Waals surface area (Å²) >= 11 is 0. The van der Waals surface area contributed by atoms with Crippen LogP contribution in [-0.4, -0.2) is 0 Å². The fraction of sp³-hybridized carbons (Fsp3) is 0. The lowest BCUT2D eigenvalue weighted by molar-refractivity contribution is 0.659. The van der Waals surface area contributed by atoms with Crippen LogP contribution in [0.3, 0.4) is 0 Å². The van der Waals surface area contributed by atoms with Gasteiger partial charge < -0.3 is 8.83 Å². The molecule has 2 aromatic heterocycles. The molecule has 0 atom stereocenters. The van der Waals surface area contributed by atoms with E-state index in [-0.39, 0.29) is 0 Å². The second-order valence-electron chi connectivity index (χ2n) is 16.6. The van der Waals surface area contributed by atoms with Crippen molar-refractivity contribution in [1.29, 1.82) is 0 Å². The molecule has 286 valence electrons. The van der Waals surface area contributed by atoms with E-state index in [4.69, 9.17) is 8.83 Å². The highest BCUT2D eigenvalue weighted by Gasteiger charge is 2.24. The summed E-state index contributed by atoms with van der Waals surface area (Å²) in [5, 5.41) is 19.4. The monoisotopic (exact) mass is 786 g/mol. The normalized spacial score (nSPS) is 12.2. The van der Waals surface area contributed by atoms with E-state index in [1.807, 2.05) is 0 Å². The molecular weight excluding hydrogens is 753 g/mol. The quantitative estimate of drug-likeness (QED) is 0.167. The topological polar surface area (TPSA) is 26.3 Å². The Morgan fingerprint density at radius 1 is 0.194 bits per heavy atom. The number of furan rings is 2. The summed E-state index contributed by atoms with van der Waals surface area (Å²) < 4.78 is 14.4. The van der Waals surface area contributed by atoms with Crippen LogP contribution in [0.2, 0.25) is 0 Å². The van der Waals surface area contributed by atoms with Crippen LogP contribution < -0.4 is 0 Å². The number of rotatable bonds is 3. The molecule has 0 saturated carbocycles. The smallest absolute Gasteiger partial charge is 0.147 e. The molecule has 2 heteroatoms. The Morgan fingerprint density at radius 3 is 0.935 bits per heavy atom. The van der Waals surface area contributed by atoms with E-state index in [9.17, 15) is 0 Å². The largest absolute Gasteiger partial charge is 0.455 e. The Hall–Kier alpha value is -8.20. The molecule has 12 aromatic carbocycles. The molecule has 0 spiro atoms. The predicted molar refractivity (Wildman–Crippen MR) is 262 cm³/mol. The maximum absolute atomic E-state index is 7.18. The molecule has 0 saturated heterocycles. The number of hydrogen-bond donors (Lipinski definition) is 0. The number of hydrogen-bond acceptors (Lipinski definition) is 2. The highest BCUT2D eigenvalue weighted by molar-refractivity contribution is 6.28. The van der Waals surface area contributed by atoms with Crippen LogP contribution in [0.4, 0.5) is 0 Å². The first kappa shape index (κ1) is 33.6. The summed E-state index contributed by atoms with van der Waals surface area (Å²) in [6.45, 7) is 0. The third kappa shape index (κ3) is 4.64. The highest BCUT2D eigenvalue weighted by Crippen LogP contribution is 2.48. The zero-order chi connectivity index (χ0) is 40.5. The first-order chi connectivity index (χ1) is 30.8. The first-order valence-corrected chi connectivity index (χ1v) is 21.3. The van der Waals surface area contributed by atoms with E-state index in [1.165, 1.54) is 64.6 Å². The SMILES string of the molecule is c1ccc(-c2c3oc4c(-c5ccc6c7ccccc7c7ccccc7c6c5)cccc4c3cc3c2oc2c(-c4ccc5c6ccccc6c6ccccc6c5c4)cccc23)cc1. The molecule has 14 rings (SSSR count). The van der Waals surface area contributed by atoms with Crippen molar-refractivity contribution in [2.45, 2.75) is 0 Å². The predicted octanol–water partition coefficient (Wildman–Crippen LogP) is 17.4. The average molecular weight is 787 g/mol. The molecule has 2 heterocycles. The van der Waals surface area contributed by atoms with Crippen LogP contribution in [0, 0.1) is 0 Å².